The first-order chi connectivity index (χ1) is 12.2. The lowest BCUT2D eigenvalue weighted by Crippen LogP contribution is -3.17. The van der Waals surface area contributed by atoms with Crippen LogP contribution in [0.3, 0.4) is 0 Å². The van der Waals surface area contributed by atoms with Gasteiger partial charge in [-0.25, -0.2) is 4.98 Å². The van der Waals surface area contributed by atoms with E-state index in [2.05, 4.69) is 36.1 Å². The third-order valence-electron chi connectivity index (χ3n) is 5.97. The van der Waals surface area contributed by atoms with Gasteiger partial charge in [0.1, 0.15) is 0 Å². The average Bonchev–Trinajstić information content (AvgIpc) is 3.08. The van der Waals surface area contributed by atoms with Crippen LogP contribution in [0.25, 0.3) is 10.2 Å². The lowest BCUT2D eigenvalue weighted by atomic mass is 9.97. The fourth-order valence-corrected chi connectivity index (χ4v) is 5.40. The van der Waals surface area contributed by atoms with Crippen molar-refractivity contribution in [1.29, 1.82) is 0 Å². The summed E-state index contributed by atoms with van der Waals surface area (Å²) in [6.07, 6.45) is 5.97. The summed E-state index contributed by atoms with van der Waals surface area (Å²) in [6, 6.07) is 9.01. The molecule has 2 fully saturated rings. The predicted octanol–water partition coefficient (Wildman–Crippen LogP) is 2.46. The van der Waals surface area contributed by atoms with Crippen LogP contribution >= 0.6 is 11.3 Å². The van der Waals surface area contributed by atoms with E-state index in [0.29, 0.717) is 24.4 Å². The molecule has 1 aromatic heterocycles. The van der Waals surface area contributed by atoms with Gasteiger partial charge in [-0.15, -0.1) is 11.3 Å². The first kappa shape index (κ1) is 17.0. The van der Waals surface area contributed by atoms with Gasteiger partial charge in [-0.3, -0.25) is 4.79 Å². The molecule has 1 amide bonds. The molecule has 134 valence electrons. The number of hydrogen-bond acceptors (Lipinski definition) is 3. The zero-order valence-electron chi connectivity index (χ0n) is 15.0. The van der Waals surface area contributed by atoms with E-state index in [9.17, 15) is 4.79 Å². The van der Waals surface area contributed by atoms with Crippen LogP contribution in [0.5, 0.6) is 0 Å². The third kappa shape index (κ3) is 3.72. The second kappa shape index (κ2) is 7.42. The molecule has 0 spiro atoms. The van der Waals surface area contributed by atoms with Crippen LogP contribution < -0.4 is 4.90 Å². The van der Waals surface area contributed by atoms with Crippen LogP contribution in [0.2, 0.25) is 0 Å². The van der Waals surface area contributed by atoms with Crippen molar-refractivity contribution in [1.82, 2.24) is 9.88 Å². The normalized spacial score (nSPS) is 25.4. The highest BCUT2D eigenvalue weighted by Gasteiger charge is 2.30. The Bertz CT molecular complexity index is 702. The summed E-state index contributed by atoms with van der Waals surface area (Å²) < 4.78 is 1.28. The molecule has 2 aliphatic rings. The molecule has 25 heavy (non-hydrogen) atoms. The van der Waals surface area contributed by atoms with Crippen LogP contribution in [-0.4, -0.2) is 48.0 Å². The molecule has 3 heterocycles. The van der Waals surface area contributed by atoms with Crippen molar-refractivity contribution in [2.75, 3.05) is 26.2 Å². The number of fused-ring (bicyclic) bond motifs is 1. The molecular formula is C20H28N3OS+. The Balaban J connectivity index is 1.33. The molecule has 4 rings (SSSR count). The minimum absolute atomic E-state index is 0.353. The van der Waals surface area contributed by atoms with Crippen LogP contribution in [0.15, 0.2) is 24.3 Å². The van der Waals surface area contributed by atoms with Crippen LogP contribution in [0.1, 0.15) is 50.0 Å². The Morgan fingerprint density at radius 2 is 2.04 bits per heavy atom. The van der Waals surface area contributed by atoms with Gasteiger partial charge < -0.3 is 9.80 Å². The average molecular weight is 359 g/mol. The van der Waals surface area contributed by atoms with Crippen molar-refractivity contribution < 1.29 is 9.69 Å². The van der Waals surface area contributed by atoms with Crippen molar-refractivity contribution in [3.63, 3.8) is 0 Å². The molecule has 1 N–H and O–H groups in total. The Kier molecular flexibility index (Phi) is 5.04. The van der Waals surface area contributed by atoms with E-state index in [0.717, 1.165) is 38.0 Å². The van der Waals surface area contributed by atoms with Crippen molar-refractivity contribution in [2.45, 2.75) is 51.0 Å². The van der Waals surface area contributed by atoms with E-state index < -0.39 is 0 Å². The SMILES string of the molecule is C[C@H]1CCCC[NH+]1CC(=O)N1CCC(c2nc3ccccc3s2)CC1. The zero-order valence-corrected chi connectivity index (χ0v) is 15.9. The first-order valence-corrected chi connectivity index (χ1v) is 10.5. The first-order valence-electron chi connectivity index (χ1n) is 9.68. The summed E-state index contributed by atoms with van der Waals surface area (Å²) in [5, 5.41) is 1.25. The standard InChI is InChI=1S/C20H27N3OS/c1-15-6-4-5-11-23(15)14-19(24)22-12-9-16(10-13-22)20-21-17-7-2-3-8-18(17)25-20/h2-3,7-8,15-16H,4-6,9-14H2,1H3/p+1/t15-/m0/s1. The molecule has 0 bridgehead atoms. The Hall–Kier alpha value is -1.46. The summed E-state index contributed by atoms with van der Waals surface area (Å²) in [5.74, 6) is 0.870. The van der Waals surface area contributed by atoms with Crippen molar-refractivity contribution in [2.24, 2.45) is 0 Å². The minimum Gasteiger partial charge on any atom is -0.338 e. The van der Waals surface area contributed by atoms with Crippen LogP contribution in [-0.2, 0) is 4.79 Å². The van der Waals surface area contributed by atoms with Gasteiger partial charge >= 0.3 is 0 Å². The number of nitrogens with zero attached hydrogens (tertiary/aromatic N) is 2. The maximum atomic E-state index is 12.7. The molecule has 1 aromatic carbocycles. The molecule has 0 aliphatic carbocycles. The third-order valence-corrected chi connectivity index (χ3v) is 7.17. The molecular weight excluding hydrogens is 330 g/mol. The second-order valence-electron chi connectivity index (χ2n) is 7.66. The largest absolute Gasteiger partial charge is 0.338 e. The van der Waals surface area contributed by atoms with Gasteiger partial charge in [0.15, 0.2) is 6.54 Å². The number of rotatable bonds is 3. The fourth-order valence-electron chi connectivity index (χ4n) is 4.26. The Morgan fingerprint density at radius 1 is 1.24 bits per heavy atom. The van der Waals surface area contributed by atoms with E-state index >= 15 is 0 Å². The number of nitrogens with one attached hydrogen (secondary N) is 1. The van der Waals surface area contributed by atoms with Gasteiger partial charge in [-0.05, 0) is 51.2 Å². The number of benzene rings is 1. The molecule has 2 aromatic rings. The molecule has 2 aliphatic heterocycles. The van der Waals surface area contributed by atoms with Gasteiger partial charge in [-0.1, -0.05) is 12.1 Å². The topological polar surface area (TPSA) is 37.6 Å². The van der Waals surface area contributed by atoms with Gasteiger partial charge in [0, 0.05) is 19.0 Å². The lowest BCUT2D eigenvalue weighted by Gasteiger charge is -2.34. The quantitative estimate of drug-likeness (QED) is 0.915. The molecule has 0 saturated carbocycles. The number of thiazole rings is 1. The highest BCUT2D eigenvalue weighted by Crippen LogP contribution is 2.33. The molecule has 0 radical (unpaired) electrons. The number of quaternary nitrogens is 1. The highest BCUT2D eigenvalue weighted by molar-refractivity contribution is 7.18. The number of amides is 1. The lowest BCUT2D eigenvalue weighted by molar-refractivity contribution is -0.921. The van der Waals surface area contributed by atoms with Crippen molar-refractivity contribution in [3.8, 4) is 0 Å². The van der Waals surface area contributed by atoms with E-state index in [1.165, 1.54) is 33.9 Å². The van der Waals surface area contributed by atoms with Crippen molar-refractivity contribution >= 4 is 27.5 Å². The summed E-state index contributed by atoms with van der Waals surface area (Å²) in [6.45, 7) is 5.92. The van der Waals surface area contributed by atoms with E-state index in [1.807, 2.05) is 11.3 Å². The fraction of sp³-hybridized carbons (Fsp3) is 0.600. The number of piperidine rings is 2. The van der Waals surface area contributed by atoms with Gasteiger partial charge in [-0.2, -0.15) is 0 Å². The Morgan fingerprint density at radius 3 is 2.80 bits per heavy atom. The maximum absolute atomic E-state index is 12.7. The van der Waals surface area contributed by atoms with Crippen LogP contribution in [0.4, 0.5) is 0 Å². The maximum Gasteiger partial charge on any atom is 0.277 e. The van der Waals surface area contributed by atoms with Gasteiger partial charge in [0.25, 0.3) is 5.91 Å². The zero-order chi connectivity index (χ0) is 17.2. The Labute approximate surface area is 153 Å². The van der Waals surface area contributed by atoms with E-state index in [4.69, 9.17) is 4.98 Å². The molecule has 2 saturated heterocycles. The summed E-state index contributed by atoms with van der Waals surface area (Å²) in [5.41, 5.74) is 1.11. The van der Waals surface area contributed by atoms with Gasteiger partial charge in [0.2, 0.25) is 0 Å². The molecule has 2 atom stereocenters. The number of carbonyl (C=O) groups excluding carboxylic acids is 1. The molecule has 5 heteroatoms. The molecule has 1 unspecified atom stereocenters. The number of para-hydroxylation sites is 1. The number of carbonyl (C=O) groups is 1. The van der Waals surface area contributed by atoms with E-state index in [1.54, 1.807) is 0 Å². The smallest absolute Gasteiger partial charge is 0.277 e. The van der Waals surface area contributed by atoms with Crippen molar-refractivity contribution in [3.05, 3.63) is 29.3 Å². The highest BCUT2D eigenvalue weighted by atomic mass is 32.1. The second-order valence-corrected chi connectivity index (χ2v) is 8.72. The van der Waals surface area contributed by atoms with E-state index in [-0.39, 0.29) is 0 Å². The number of hydrogen-bond donors (Lipinski definition) is 1. The van der Waals surface area contributed by atoms with Crippen LogP contribution in [0, 0.1) is 0 Å². The monoisotopic (exact) mass is 358 g/mol. The minimum atomic E-state index is 0.353. The van der Waals surface area contributed by atoms with Gasteiger partial charge in [0.05, 0.1) is 27.8 Å². The number of aromatic nitrogens is 1. The molecule has 4 nitrogen and oxygen atoms in total. The number of likely N-dealkylation sites (tertiary alicyclic amines) is 2. The predicted molar refractivity (Wildman–Crippen MR) is 102 cm³/mol. The summed E-state index contributed by atoms with van der Waals surface area (Å²) >= 11 is 1.82. The summed E-state index contributed by atoms with van der Waals surface area (Å²) in [7, 11) is 0. The summed E-state index contributed by atoms with van der Waals surface area (Å²) in [4.78, 5) is 21.1.